The molecule has 0 amide bonds. The Bertz CT molecular complexity index is 676. The predicted molar refractivity (Wildman–Crippen MR) is 87.6 cm³/mol. The summed E-state index contributed by atoms with van der Waals surface area (Å²) in [6.45, 7) is 2.27. The van der Waals surface area contributed by atoms with Gasteiger partial charge in [0, 0.05) is 17.3 Å². The first-order chi connectivity index (χ1) is 10.7. The summed E-state index contributed by atoms with van der Waals surface area (Å²) in [6, 6.07) is 11.3. The lowest BCUT2D eigenvalue weighted by Crippen LogP contribution is -2.34. The van der Waals surface area contributed by atoms with Crippen molar-refractivity contribution >= 4 is 11.6 Å². The number of benzene rings is 1. The molecule has 2 aromatic rings. The van der Waals surface area contributed by atoms with Crippen molar-refractivity contribution in [2.45, 2.75) is 25.5 Å². The zero-order chi connectivity index (χ0) is 15.4. The Morgan fingerprint density at radius 1 is 1.18 bits per heavy atom. The molecular weight excluding hydrogens is 300 g/mol. The fraction of sp³-hybridized carbons (Fsp3) is 0.353. The van der Waals surface area contributed by atoms with Crippen molar-refractivity contribution < 1.29 is 4.74 Å². The summed E-state index contributed by atoms with van der Waals surface area (Å²) >= 11 is 5.86. The highest BCUT2D eigenvalue weighted by Gasteiger charge is 2.17. The minimum absolute atomic E-state index is 0.0524. The molecule has 1 aliphatic rings. The van der Waals surface area contributed by atoms with Crippen LogP contribution < -0.4 is 15.6 Å². The van der Waals surface area contributed by atoms with Crippen LogP contribution in [0, 0.1) is 0 Å². The normalized spacial score (nSPS) is 15.7. The first kappa shape index (κ1) is 15.1. The van der Waals surface area contributed by atoms with E-state index < -0.39 is 0 Å². The fourth-order valence-electron chi connectivity index (χ4n) is 2.71. The SMILES string of the molecule is O=c1c(OCc2ccc(Cl)cc2)cccn1C1CCNCC1. The first-order valence-corrected chi connectivity index (χ1v) is 7.91. The zero-order valence-corrected chi connectivity index (χ0v) is 13.1. The van der Waals surface area contributed by atoms with Crippen LogP contribution in [0.5, 0.6) is 5.75 Å². The lowest BCUT2D eigenvalue weighted by molar-refractivity contribution is 0.291. The van der Waals surface area contributed by atoms with Gasteiger partial charge in [-0.05, 0) is 55.8 Å². The van der Waals surface area contributed by atoms with E-state index in [0.717, 1.165) is 31.5 Å². The predicted octanol–water partition coefficient (Wildman–Crippen LogP) is 3.01. The summed E-state index contributed by atoms with van der Waals surface area (Å²) in [7, 11) is 0. The highest BCUT2D eigenvalue weighted by atomic mass is 35.5. The van der Waals surface area contributed by atoms with Crippen LogP contribution in [-0.2, 0) is 6.61 Å². The monoisotopic (exact) mass is 318 g/mol. The van der Waals surface area contributed by atoms with Crippen LogP contribution in [0.4, 0.5) is 0 Å². The molecule has 4 nitrogen and oxygen atoms in total. The van der Waals surface area contributed by atoms with Crippen molar-refractivity contribution in [3.05, 3.63) is 63.5 Å². The number of nitrogens with one attached hydrogen (secondary N) is 1. The quantitative estimate of drug-likeness (QED) is 0.942. The molecule has 1 aromatic carbocycles. The minimum Gasteiger partial charge on any atom is -0.483 e. The van der Waals surface area contributed by atoms with Gasteiger partial charge in [0.25, 0.3) is 5.56 Å². The molecule has 1 fully saturated rings. The third-order valence-corrected chi connectivity index (χ3v) is 4.20. The van der Waals surface area contributed by atoms with Crippen LogP contribution in [0.1, 0.15) is 24.4 Å². The van der Waals surface area contributed by atoms with Gasteiger partial charge in [-0.1, -0.05) is 23.7 Å². The Labute approximate surface area is 134 Å². The van der Waals surface area contributed by atoms with Gasteiger partial charge in [0.2, 0.25) is 0 Å². The largest absolute Gasteiger partial charge is 0.483 e. The van der Waals surface area contributed by atoms with Crippen molar-refractivity contribution in [3.63, 3.8) is 0 Å². The Kier molecular flexibility index (Phi) is 4.80. The van der Waals surface area contributed by atoms with Gasteiger partial charge < -0.3 is 14.6 Å². The molecule has 5 heteroatoms. The Balaban J connectivity index is 1.73. The van der Waals surface area contributed by atoms with Gasteiger partial charge in [0.15, 0.2) is 5.75 Å². The summed E-state index contributed by atoms with van der Waals surface area (Å²) in [5, 5.41) is 4.00. The number of hydrogen-bond donors (Lipinski definition) is 1. The van der Waals surface area contributed by atoms with E-state index in [1.165, 1.54) is 0 Å². The summed E-state index contributed by atoms with van der Waals surface area (Å²) in [5.41, 5.74) is 0.935. The molecule has 1 saturated heterocycles. The van der Waals surface area contributed by atoms with E-state index in [0.29, 0.717) is 17.4 Å². The molecular formula is C17H19ClN2O2. The number of rotatable bonds is 4. The summed E-state index contributed by atoms with van der Waals surface area (Å²) in [6.07, 6.45) is 3.80. The van der Waals surface area contributed by atoms with Crippen LogP contribution in [0.2, 0.25) is 5.02 Å². The molecule has 0 saturated carbocycles. The van der Waals surface area contributed by atoms with Crippen LogP contribution in [0.3, 0.4) is 0 Å². The fourth-order valence-corrected chi connectivity index (χ4v) is 2.84. The summed E-state index contributed by atoms with van der Waals surface area (Å²) in [4.78, 5) is 12.5. The number of piperidine rings is 1. The minimum atomic E-state index is -0.0524. The number of halogens is 1. The third-order valence-electron chi connectivity index (χ3n) is 3.95. The van der Waals surface area contributed by atoms with Crippen molar-refractivity contribution in [3.8, 4) is 5.75 Å². The number of hydrogen-bond acceptors (Lipinski definition) is 3. The topological polar surface area (TPSA) is 43.3 Å². The summed E-state index contributed by atoms with van der Waals surface area (Å²) in [5.74, 6) is 0.399. The Hall–Kier alpha value is -1.78. The molecule has 0 bridgehead atoms. The second-order valence-electron chi connectivity index (χ2n) is 5.48. The van der Waals surface area contributed by atoms with Crippen molar-refractivity contribution in [1.29, 1.82) is 0 Å². The van der Waals surface area contributed by atoms with E-state index in [2.05, 4.69) is 5.32 Å². The Morgan fingerprint density at radius 2 is 1.91 bits per heavy atom. The van der Waals surface area contributed by atoms with Crippen molar-refractivity contribution in [1.82, 2.24) is 9.88 Å². The molecule has 0 aliphatic carbocycles. The van der Waals surface area contributed by atoms with E-state index in [4.69, 9.17) is 16.3 Å². The second kappa shape index (κ2) is 6.99. The van der Waals surface area contributed by atoms with Gasteiger partial charge in [-0.15, -0.1) is 0 Å². The number of pyridine rings is 1. The maximum atomic E-state index is 12.5. The van der Waals surface area contributed by atoms with E-state index in [-0.39, 0.29) is 11.6 Å². The van der Waals surface area contributed by atoms with Crippen LogP contribution in [-0.4, -0.2) is 17.7 Å². The van der Waals surface area contributed by atoms with Crippen LogP contribution in [0.25, 0.3) is 0 Å². The Morgan fingerprint density at radius 3 is 2.64 bits per heavy atom. The molecule has 1 aromatic heterocycles. The molecule has 3 rings (SSSR count). The molecule has 2 heterocycles. The van der Waals surface area contributed by atoms with E-state index in [1.54, 1.807) is 10.6 Å². The maximum absolute atomic E-state index is 12.5. The highest BCUT2D eigenvalue weighted by molar-refractivity contribution is 6.30. The molecule has 0 atom stereocenters. The highest BCUT2D eigenvalue weighted by Crippen LogP contribution is 2.18. The van der Waals surface area contributed by atoms with Gasteiger partial charge in [-0.3, -0.25) is 4.79 Å². The number of ether oxygens (including phenoxy) is 1. The zero-order valence-electron chi connectivity index (χ0n) is 12.3. The third kappa shape index (κ3) is 3.51. The lowest BCUT2D eigenvalue weighted by Gasteiger charge is -2.25. The number of aromatic nitrogens is 1. The lowest BCUT2D eigenvalue weighted by atomic mass is 10.1. The van der Waals surface area contributed by atoms with Gasteiger partial charge in [-0.25, -0.2) is 0 Å². The van der Waals surface area contributed by atoms with E-state index >= 15 is 0 Å². The molecule has 22 heavy (non-hydrogen) atoms. The molecule has 1 aliphatic heterocycles. The average Bonchev–Trinajstić information content (AvgIpc) is 2.56. The van der Waals surface area contributed by atoms with Crippen molar-refractivity contribution in [2.75, 3.05) is 13.1 Å². The van der Waals surface area contributed by atoms with Crippen LogP contribution in [0.15, 0.2) is 47.4 Å². The molecule has 116 valence electrons. The average molecular weight is 319 g/mol. The van der Waals surface area contributed by atoms with Gasteiger partial charge in [0.1, 0.15) is 6.61 Å². The molecule has 1 N–H and O–H groups in total. The van der Waals surface area contributed by atoms with Crippen LogP contribution >= 0.6 is 11.6 Å². The smallest absolute Gasteiger partial charge is 0.293 e. The maximum Gasteiger partial charge on any atom is 0.293 e. The molecule has 0 spiro atoms. The first-order valence-electron chi connectivity index (χ1n) is 7.53. The number of nitrogens with zero attached hydrogens (tertiary/aromatic N) is 1. The van der Waals surface area contributed by atoms with Crippen molar-refractivity contribution in [2.24, 2.45) is 0 Å². The standard InChI is InChI=1S/C17H19ClN2O2/c18-14-5-3-13(4-6-14)12-22-16-2-1-11-20(17(16)21)15-7-9-19-10-8-15/h1-6,11,15,19H,7-10,12H2. The second-order valence-corrected chi connectivity index (χ2v) is 5.92. The van der Waals surface area contributed by atoms with E-state index in [1.807, 2.05) is 36.5 Å². The summed E-state index contributed by atoms with van der Waals surface area (Å²) < 4.78 is 7.51. The van der Waals surface area contributed by atoms with Gasteiger partial charge in [0.05, 0.1) is 0 Å². The molecule has 0 unspecified atom stereocenters. The molecule has 0 radical (unpaired) electrons. The van der Waals surface area contributed by atoms with Gasteiger partial charge in [-0.2, -0.15) is 0 Å². The van der Waals surface area contributed by atoms with Gasteiger partial charge >= 0.3 is 0 Å². The van der Waals surface area contributed by atoms with E-state index in [9.17, 15) is 4.79 Å².